The van der Waals surface area contributed by atoms with E-state index in [9.17, 15) is 13.2 Å². The fourth-order valence-electron chi connectivity index (χ4n) is 1.78. The number of rotatable bonds is 3. The molecule has 0 unspecified atom stereocenters. The minimum Gasteiger partial charge on any atom is -0.331 e. The first kappa shape index (κ1) is 18.5. The molecule has 0 spiro atoms. The van der Waals surface area contributed by atoms with E-state index >= 15 is 0 Å². The van der Waals surface area contributed by atoms with Crippen LogP contribution in [0.2, 0.25) is 10.0 Å². The Hall–Kier alpha value is -1.83. The van der Waals surface area contributed by atoms with Crippen LogP contribution in [0.25, 0.3) is 0 Å². The topological polar surface area (TPSA) is 36.4 Å². The first-order valence-electron chi connectivity index (χ1n) is 6.49. The van der Waals surface area contributed by atoms with Gasteiger partial charge in [0.2, 0.25) is 0 Å². The van der Waals surface area contributed by atoms with E-state index in [1.165, 1.54) is 24.4 Å². The first-order chi connectivity index (χ1) is 11.3. The van der Waals surface area contributed by atoms with Gasteiger partial charge in [-0.3, -0.25) is 5.43 Å². The molecule has 2 rings (SSSR count). The number of hydrazone groups is 1. The number of nitrogens with one attached hydrogen (secondary N) is 2. The van der Waals surface area contributed by atoms with Crippen LogP contribution in [0.3, 0.4) is 0 Å². The molecular formula is C15H10Cl2F3N3S. The van der Waals surface area contributed by atoms with Gasteiger partial charge >= 0.3 is 6.18 Å². The molecule has 0 saturated heterocycles. The zero-order valence-corrected chi connectivity index (χ0v) is 14.2. The highest BCUT2D eigenvalue weighted by atomic mass is 35.5. The van der Waals surface area contributed by atoms with Crippen molar-refractivity contribution >= 4 is 52.4 Å². The van der Waals surface area contributed by atoms with Gasteiger partial charge in [0.25, 0.3) is 0 Å². The van der Waals surface area contributed by atoms with Crippen LogP contribution in [0.5, 0.6) is 0 Å². The average molecular weight is 392 g/mol. The number of benzene rings is 2. The highest BCUT2D eigenvalue weighted by Crippen LogP contribution is 2.34. The van der Waals surface area contributed by atoms with Crippen molar-refractivity contribution in [2.45, 2.75) is 6.18 Å². The molecule has 2 N–H and O–H groups in total. The zero-order chi connectivity index (χ0) is 17.7. The molecular weight excluding hydrogens is 382 g/mol. The van der Waals surface area contributed by atoms with Gasteiger partial charge in [-0.15, -0.1) is 0 Å². The second kappa shape index (κ2) is 7.83. The van der Waals surface area contributed by atoms with Gasteiger partial charge in [0.05, 0.1) is 27.5 Å². The predicted molar refractivity (Wildman–Crippen MR) is 94.9 cm³/mol. The monoisotopic (exact) mass is 391 g/mol. The number of para-hydroxylation sites is 1. The molecule has 0 saturated carbocycles. The number of hydrogen-bond donors (Lipinski definition) is 2. The van der Waals surface area contributed by atoms with E-state index in [2.05, 4.69) is 15.8 Å². The molecule has 0 radical (unpaired) electrons. The number of thiocarbonyl (C=S) groups is 1. The van der Waals surface area contributed by atoms with Gasteiger partial charge in [0.15, 0.2) is 5.11 Å². The molecule has 0 aliphatic rings. The molecule has 9 heteroatoms. The molecule has 0 amide bonds. The van der Waals surface area contributed by atoms with E-state index < -0.39 is 11.7 Å². The van der Waals surface area contributed by atoms with Gasteiger partial charge in [-0.2, -0.15) is 18.3 Å². The maximum atomic E-state index is 12.9. The standard InChI is InChI=1S/C15H10Cl2F3N3S/c16-11-5-3-6-12(17)9(11)8-21-23-14(24)22-13-7-2-1-4-10(13)15(18,19)20/h1-8H,(H2,22,23,24)/b21-8-. The lowest BCUT2D eigenvalue weighted by Crippen LogP contribution is -2.25. The molecule has 0 atom stereocenters. The van der Waals surface area contributed by atoms with E-state index in [0.29, 0.717) is 15.6 Å². The summed E-state index contributed by atoms with van der Waals surface area (Å²) in [6.07, 6.45) is -3.16. The third kappa shape index (κ3) is 4.83. The molecule has 3 nitrogen and oxygen atoms in total. The molecule has 24 heavy (non-hydrogen) atoms. The first-order valence-corrected chi connectivity index (χ1v) is 7.66. The molecule has 2 aromatic rings. The number of anilines is 1. The van der Waals surface area contributed by atoms with E-state index in [4.69, 9.17) is 35.4 Å². The van der Waals surface area contributed by atoms with Crippen LogP contribution in [-0.4, -0.2) is 11.3 Å². The molecule has 0 aromatic heterocycles. The summed E-state index contributed by atoms with van der Waals surface area (Å²) in [5.41, 5.74) is 1.88. The van der Waals surface area contributed by atoms with Crippen LogP contribution >= 0.6 is 35.4 Å². The number of nitrogens with zero attached hydrogens (tertiary/aromatic N) is 1. The molecule has 0 heterocycles. The minimum atomic E-state index is -4.49. The third-order valence-electron chi connectivity index (χ3n) is 2.84. The highest BCUT2D eigenvalue weighted by molar-refractivity contribution is 7.80. The van der Waals surface area contributed by atoms with Crippen molar-refractivity contribution < 1.29 is 13.2 Å². The van der Waals surface area contributed by atoms with Crippen molar-refractivity contribution in [2.24, 2.45) is 5.10 Å². The normalized spacial score (nSPS) is 11.5. The van der Waals surface area contributed by atoms with E-state index in [1.807, 2.05) is 0 Å². The molecule has 126 valence electrons. The number of alkyl halides is 3. The van der Waals surface area contributed by atoms with Crippen LogP contribution in [-0.2, 0) is 6.18 Å². The van der Waals surface area contributed by atoms with E-state index in [1.54, 1.807) is 18.2 Å². The van der Waals surface area contributed by atoms with Crippen molar-refractivity contribution in [3.8, 4) is 0 Å². The smallest absolute Gasteiger partial charge is 0.331 e. The summed E-state index contributed by atoms with van der Waals surface area (Å²) in [5.74, 6) is 0. The van der Waals surface area contributed by atoms with E-state index in [0.717, 1.165) is 6.07 Å². The Bertz CT molecular complexity index is 759. The molecule has 0 bridgehead atoms. The van der Waals surface area contributed by atoms with Crippen molar-refractivity contribution in [3.63, 3.8) is 0 Å². The van der Waals surface area contributed by atoms with Crippen molar-refractivity contribution in [1.82, 2.24) is 5.43 Å². The molecule has 2 aromatic carbocycles. The maximum Gasteiger partial charge on any atom is 0.418 e. The lowest BCUT2D eigenvalue weighted by atomic mass is 10.2. The molecule has 0 aliphatic carbocycles. The second-order valence-corrected chi connectivity index (χ2v) is 5.73. The lowest BCUT2D eigenvalue weighted by Gasteiger charge is -2.14. The van der Waals surface area contributed by atoms with Gasteiger partial charge in [-0.1, -0.05) is 41.4 Å². The maximum absolute atomic E-state index is 12.9. The van der Waals surface area contributed by atoms with Crippen LogP contribution in [0.4, 0.5) is 18.9 Å². The Morgan fingerprint density at radius 1 is 1.04 bits per heavy atom. The summed E-state index contributed by atoms with van der Waals surface area (Å²) in [7, 11) is 0. The van der Waals surface area contributed by atoms with Gasteiger partial charge in [0.1, 0.15) is 0 Å². The van der Waals surface area contributed by atoms with Gasteiger partial charge in [-0.05, 0) is 36.5 Å². The fourth-order valence-corrected chi connectivity index (χ4v) is 2.44. The predicted octanol–water partition coefficient (Wildman–Crippen LogP) is 5.33. The minimum absolute atomic E-state index is 0.105. The summed E-state index contributed by atoms with van der Waals surface area (Å²) < 4.78 is 38.7. The number of hydrogen-bond acceptors (Lipinski definition) is 2. The highest BCUT2D eigenvalue weighted by Gasteiger charge is 2.33. The SMILES string of the molecule is FC(F)(F)c1ccccc1NC(=S)N/N=C\c1c(Cl)cccc1Cl. The summed E-state index contributed by atoms with van der Waals surface area (Å²) in [6, 6.07) is 9.92. The van der Waals surface area contributed by atoms with Crippen molar-refractivity contribution in [2.75, 3.05) is 5.32 Å². The van der Waals surface area contributed by atoms with Crippen LogP contribution in [0.1, 0.15) is 11.1 Å². The summed E-state index contributed by atoms with van der Waals surface area (Å²) >= 11 is 16.9. The quantitative estimate of drug-likeness (QED) is 0.421. The largest absolute Gasteiger partial charge is 0.418 e. The number of halogens is 5. The summed E-state index contributed by atoms with van der Waals surface area (Å²) in [6.45, 7) is 0. The Morgan fingerprint density at radius 3 is 2.29 bits per heavy atom. The van der Waals surface area contributed by atoms with Crippen LogP contribution in [0.15, 0.2) is 47.6 Å². The third-order valence-corrected chi connectivity index (χ3v) is 3.69. The van der Waals surface area contributed by atoms with Gasteiger partial charge in [0, 0.05) is 5.56 Å². The Morgan fingerprint density at radius 2 is 1.67 bits per heavy atom. The van der Waals surface area contributed by atoms with Crippen LogP contribution < -0.4 is 10.7 Å². The van der Waals surface area contributed by atoms with Crippen molar-refractivity contribution in [3.05, 3.63) is 63.6 Å². The summed E-state index contributed by atoms with van der Waals surface area (Å²) in [4.78, 5) is 0. The average Bonchev–Trinajstić information content (AvgIpc) is 2.49. The Balaban J connectivity index is 2.06. The van der Waals surface area contributed by atoms with Gasteiger partial charge in [-0.25, -0.2) is 0 Å². The molecule has 0 fully saturated rings. The van der Waals surface area contributed by atoms with Crippen LogP contribution in [0, 0.1) is 0 Å². The second-order valence-electron chi connectivity index (χ2n) is 4.50. The lowest BCUT2D eigenvalue weighted by molar-refractivity contribution is -0.136. The fraction of sp³-hybridized carbons (Fsp3) is 0.0667. The zero-order valence-electron chi connectivity index (χ0n) is 11.9. The Kier molecular flexibility index (Phi) is 6.04. The molecule has 0 aliphatic heterocycles. The Labute approximate surface area is 151 Å². The van der Waals surface area contributed by atoms with Crippen molar-refractivity contribution in [1.29, 1.82) is 0 Å². The van der Waals surface area contributed by atoms with Gasteiger partial charge < -0.3 is 5.32 Å². The summed E-state index contributed by atoms with van der Waals surface area (Å²) in [5, 5.41) is 6.94. The van der Waals surface area contributed by atoms with E-state index in [-0.39, 0.29) is 10.8 Å².